The number of benzene rings is 4. The van der Waals surface area contributed by atoms with Gasteiger partial charge in [0.25, 0.3) is 23.6 Å². The van der Waals surface area contributed by atoms with Crippen molar-refractivity contribution in [1.82, 2.24) is 19.1 Å². The number of imidazole rings is 2. The molecule has 15 heteroatoms. The second-order valence-electron chi connectivity index (χ2n) is 13.3. The Morgan fingerprint density at radius 1 is 0.446 bits per heavy atom. The maximum absolute atomic E-state index is 13.2. The van der Waals surface area contributed by atoms with Crippen molar-refractivity contribution >= 4 is 63.8 Å². The zero-order valence-electron chi connectivity index (χ0n) is 31.6. The molecule has 56 heavy (non-hydrogen) atoms. The van der Waals surface area contributed by atoms with Gasteiger partial charge in [0.2, 0.25) is 11.6 Å². The molecule has 4 N–H and O–H groups in total. The number of hydrogen-bond donors (Lipinski definition) is 4. The summed E-state index contributed by atoms with van der Waals surface area (Å²) in [4.78, 5) is 77.5. The lowest BCUT2D eigenvalue weighted by molar-refractivity contribution is 0.100. The highest BCUT2D eigenvalue weighted by Gasteiger charge is 2.19. The lowest BCUT2D eigenvalue weighted by atomic mass is 10.0. The molecule has 0 aliphatic heterocycles. The first-order valence-electron chi connectivity index (χ1n) is 17.4. The highest BCUT2D eigenvalue weighted by atomic mass is 16.2. The lowest BCUT2D eigenvalue weighted by Crippen LogP contribution is -2.17. The van der Waals surface area contributed by atoms with Gasteiger partial charge in [0.15, 0.2) is 17.4 Å². The van der Waals surface area contributed by atoms with Gasteiger partial charge >= 0.3 is 0 Å². The third-order valence-corrected chi connectivity index (χ3v) is 8.74. The monoisotopic (exact) mass is 752 g/mol. The fourth-order valence-electron chi connectivity index (χ4n) is 5.62. The Balaban J connectivity index is 1.02. The molecule has 0 fully saturated rings. The maximum atomic E-state index is 13.2. The molecule has 0 atom stereocenters. The van der Waals surface area contributed by atoms with E-state index in [1.165, 1.54) is 70.1 Å². The van der Waals surface area contributed by atoms with Crippen molar-refractivity contribution in [1.29, 1.82) is 0 Å². The smallest absolute Gasteiger partial charge is 0.291 e. The third kappa shape index (κ3) is 8.80. The van der Waals surface area contributed by atoms with Crippen LogP contribution in [0.1, 0.15) is 57.9 Å². The van der Waals surface area contributed by atoms with Crippen LogP contribution in [0.25, 0.3) is 0 Å². The highest BCUT2D eigenvalue weighted by molar-refractivity contribution is 6.11. The van der Waals surface area contributed by atoms with Crippen LogP contribution in [0.3, 0.4) is 0 Å². The summed E-state index contributed by atoms with van der Waals surface area (Å²) in [7, 11) is 11.0. The number of rotatable bonds is 12. The summed E-state index contributed by atoms with van der Waals surface area (Å²) in [6.45, 7) is 0. The number of ketones is 1. The van der Waals surface area contributed by atoms with Gasteiger partial charge in [-0.15, -0.1) is 0 Å². The zero-order chi connectivity index (χ0) is 40.1. The first kappa shape index (κ1) is 38.2. The van der Waals surface area contributed by atoms with Crippen LogP contribution in [0.4, 0.5) is 34.4 Å². The van der Waals surface area contributed by atoms with Crippen molar-refractivity contribution in [3.8, 4) is 0 Å². The number of nitrogens with zero attached hydrogens (tertiary/aromatic N) is 6. The number of anilines is 6. The van der Waals surface area contributed by atoms with Crippen molar-refractivity contribution in [2.45, 2.75) is 0 Å². The van der Waals surface area contributed by atoms with E-state index < -0.39 is 23.6 Å². The van der Waals surface area contributed by atoms with Gasteiger partial charge in [0.1, 0.15) is 0 Å². The van der Waals surface area contributed by atoms with E-state index in [4.69, 9.17) is 0 Å². The molecular weight excluding hydrogens is 713 g/mol. The van der Waals surface area contributed by atoms with Crippen LogP contribution in [-0.2, 0) is 14.1 Å². The van der Waals surface area contributed by atoms with Gasteiger partial charge in [-0.2, -0.15) is 0 Å². The van der Waals surface area contributed by atoms with Crippen molar-refractivity contribution in [3.63, 3.8) is 0 Å². The Morgan fingerprint density at radius 3 is 1.09 bits per heavy atom. The fraction of sp³-hybridized carbons (Fsp3) is 0.146. The van der Waals surface area contributed by atoms with Crippen LogP contribution < -0.4 is 31.1 Å². The molecule has 0 unspecified atom stereocenters. The number of carbonyl (C=O) groups is 5. The van der Waals surface area contributed by atoms with Crippen LogP contribution in [0.5, 0.6) is 0 Å². The van der Waals surface area contributed by atoms with Gasteiger partial charge < -0.3 is 40.2 Å². The number of hydrogen-bond acceptors (Lipinski definition) is 9. The minimum atomic E-state index is -0.473. The SMILES string of the molecule is CN(C)c1ccc(NC(=O)c2nc(NC(=O)c3ccc(C(=O)c4ccc(C(=O)Nc5cn(C)c(C(=O)Nc6ccc(N(C)C)cc6)n5)cc4)cc3)cn2C)cc1. The van der Waals surface area contributed by atoms with E-state index in [0.717, 1.165) is 11.4 Å². The van der Waals surface area contributed by atoms with Gasteiger partial charge in [-0.3, -0.25) is 24.0 Å². The summed E-state index contributed by atoms with van der Waals surface area (Å²) in [6.07, 6.45) is 3.06. The molecule has 0 aliphatic carbocycles. The zero-order valence-corrected chi connectivity index (χ0v) is 31.6. The Morgan fingerprint density at radius 2 is 0.768 bits per heavy atom. The van der Waals surface area contributed by atoms with Gasteiger partial charge in [0.05, 0.1) is 0 Å². The van der Waals surface area contributed by atoms with Gasteiger partial charge in [-0.05, 0) is 72.8 Å². The molecule has 6 aromatic rings. The van der Waals surface area contributed by atoms with E-state index in [1.54, 1.807) is 38.4 Å². The summed E-state index contributed by atoms with van der Waals surface area (Å²) >= 11 is 0. The summed E-state index contributed by atoms with van der Waals surface area (Å²) in [5.74, 6) is -1.54. The minimum Gasteiger partial charge on any atom is -0.378 e. The summed E-state index contributed by atoms with van der Waals surface area (Å²) in [5, 5.41) is 11.0. The predicted octanol–water partition coefficient (Wildman–Crippen LogP) is 5.53. The number of nitrogens with one attached hydrogen (secondary N) is 4. The molecule has 0 radical (unpaired) electrons. The van der Waals surface area contributed by atoms with Crippen molar-refractivity contribution < 1.29 is 24.0 Å². The third-order valence-electron chi connectivity index (χ3n) is 8.74. The average molecular weight is 753 g/mol. The maximum Gasteiger partial charge on any atom is 0.291 e. The number of amides is 4. The Labute approximate surface area is 323 Å². The van der Waals surface area contributed by atoms with Crippen LogP contribution in [0, 0.1) is 0 Å². The lowest BCUT2D eigenvalue weighted by Gasteiger charge is -2.13. The van der Waals surface area contributed by atoms with Gasteiger partial charge in [-0.25, -0.2) is 9.97 Å². The first-order chi connectivity index (χ1) is 26.7. The molecule has 0 bridgehead atoms. The molecule has 284 valence electrons. The largest absolute Gasteiger partial charge is 0.378 e. The molecule has 15 nitrogen and oxygen atoms in total. The quantitative estimate of drug-likeness (QED) is 0.117. The molecule has 0 spiro atoms. The van der Waals surface area contributed by atoms with Crippen LogP contribution in [0.2, 0.25) is 0 Å². The molecule has 0 saturated carbocycles. The second kappa shape index (κ2) is 16.2. The van der Waals surface area contributed by atoms with Crippen LogP contribution >= 0.6 is 0 Å². The predicted molar refractivity (Wildman–Crippen MR) is 216 cm³/mol. The highest BCUT2D eigenvalue weighted by Crippen LogP contribution is 2.20. The summed E-state index contributed by atoms with van der Waals surface area (Å²) < 4.78 is 3.03. The summed E-state index contributed by atoms with van der Waals surface area (Å²) in [5.41, 5.74) is 4.41. The van der Waals surface area contributed by atoms with Gasteiger partial charge in [-0.1, -0.05) is 24.3 Å². The van der Waals surface area contributed by atoms with E-state index in [-0.39, 0.29) is 40.2 Å². The molecule has 0 aliphatic rings. The molecule has 2 aromatic heterocycles. The summed E-state index contributed by atoms with van der Waals surface area (Å²) in [6, 6.07) is 26.9. The van der Waals surface area contributed by atoms with E-state index in [2.05, 4.69) is 31.2 Å². The molecule has 0 saturated heterocycles. The minimum absolute atomic E-state index is 0.106. The topological polar surface area (TPSA) is 176 Å². The van der Waals surface area contributed by atoms with Crippen molar-refractivity contribution in [3.05, 3.63) is 143 Å². The normalized spacial score (nSPS) is 10.7. The first-order valence-corrected chi connectivity index (χ1v) is 17.4. The molecule has 6 rings (SSSR count). The number of aromatic nitrogens is 4. The molecular formula is C41H40N10O5. The van der Waals surface area contributed by atoms with Crippen molar-refractivity contribution in [2.75, 3.05) is 59.3 Å². The van der Waals surface area contributed by atoms with Gasteiger partial charge in [0, 0.05) is 99.7 Å². The molecule has 4 amide bonds. The number of carbonyl (C=O) groups excluding carboxylic acids is 5. The standard InChI is InChI=1S/C41H40N10O5/c1-48(2)31-19-15-29(16-20-31)42-40(55)36-44-33(23-50(36)5)46-38(53)27-11-7-25(8-12-27)35(52)26-9-13-28(14-10-26)39(54)47-34-24-51(6)37(45-34)41(56)43-30-17-21-32(22-18-30)49(3)4/h7-24H,1-6H3,(H,42,55)(H,43,56)(H,46,53)(H,47,54). The van der Waals surface area contributed by atoms with Crippen molar-refractivity contribution in [2.24, 2.45) is 14.1 Å². The number of aryl methyl sites for hydroxylation is 2. The Bertz CT molecular complexity index is 2240. The van der Waals surface area contributed by atoms with Crippen LogP contribution in [-0.4, -0.2) is 76.7 Å². The Hall–Kier alpha value is -7.55. The second-order valence-corrected chi connectivity index (χ2v) is 13.3. The van der Waals surface area contributed by atoms with E-state index >= 15 is 0 Å². The molecule has 4 aromatic carbocycles. The molecule has 2 heterocycles. The Kier molecular flexibility index (Phi) is 11.1. The van der Waals surface area contributed by atoms with E-state index in [0.29, 0.717) is 22.5 Å². The van der Waals surface area contributed by atoms with E-state index in [9.17, 15) is 24.0 Å². The van der Waals surface area contributed by atoms with E-state index in [1.807, 2.05) is 62.3 Å². The fourth-order valence-corrected chi connectivity index (χ4v) is 5.62. The van der Waals surface area contributed by atoms with Crippen LogP contribution in [0.15, 0.2) is 109 Å². The average Bonchev–Trinajstić information content (AvgIpc) is 3.75.